The quantitative estimate of drug-likeness (QED) is 0.524. The third kappa shape index (κ3) is 5.24. The Morgan fingerprint density at radius 1 is 0.917 bits per heavy atom. The Kier molecular flexibility index (Phi) is 6.85. The van der Waals surface area contributed by atoms with Crippen LogP contribution in [-0.2, 0) is 24.7 Å². The summed E-state index contributed by atoms with van der Waals surface area (Å²) in [7, 11) is -7.29. The van der Waals surface area contributed by atoms with Crippen molar-refractivity contribution in [3.05, 3.63) is 83.4 Å². The Bertz CT molecular complexity index is 1500. The minimum absolute atomic E-state index is 0.125. The van der Waals surface area contributed by atoms with Gasteiger partial charge in [0, 0.05) is 6.26 Å². The molecule has 1 aliphatic heterocycles. The highest BCUT2D eigenvalue weighted by molar-refractivity contribution is 7.92. The number of benzene rings is 3. The van der Waals surface area contributed by atoms with E-state index in [0.717, 1.165) is 17.4 Å². The highest BCUT2D eigenvalue weighted by Crippen LogP contribution is 2.38. The number of sulfone groups is 1. The largest absolute Gasteiger partial charge is 0.476 e. The maximum Gasteiger partial charge on any atom is 0.264 e. The molecule has 0 fully saturated rings. The summed E-state index contributed by atoms with van der Waals surface area (Å²) in [6, 6.07) is 17.5. The number of hydrogen-bond acceptors (Lipinski definition) is 6. The van der Waals surface area contributed by atoms with Crippen LogP contribution in [0.5, 0.6) is 5.75 Å². The molecule has 1 aliphatic rings. The topological polar surface area (TPSA) is 110 Å². The third-order valence-electron chi connectivity index (χ3n) is 6.05. The van der Waals surface area contributed by atoms with E-state index in [0.29, 0.717) is 17.0 Å². The molecule has 3 aromatic rings. The van der Waals surface area contributed by atoms with E-state index in [2.05, 4.69) is 5.32 Å². The molecular formula is C26H28N2O6S2. The van der Waals surface area contributed by atoms with E-state index < -0.39 is 37.9 Å². The van der Waals surface area contributed by atoms with Gasteiger partial charge in [0.2, 0.25) is 0 Å². The first-order valence-corrected chi connectivity index (χ1v) is 14.7. The Morgan fingerprint density at radius 3 is 2.11 bits per heavy atom. The summed E-state index contributed by atoms with van der Waals surface area (Å²) < 4.78 is 57.7. The van der Waals surface area contributed by atoms with Crippen LogP contribution in [0.25, 0.3) is 0 Å². The van der Waals surface area contributed by atoms with Crippen LogP contribution in [0.15, 0.2) is 76.5 Å². The standard InChI is InChI=1S/C26H28N2O6S2/c1-17-5-10-22(11-6-17)36(32,33)28-16-25(34-24-15-18(2)7-14-23(24)28)26(29)27-19(3)20-8-12-21(13-9-20)35(4,30)31/h5-15,19,25H,16H2,1-4H3,(H,27,29)/t19-,25+/m1/s1. The average molecular weight is 529 g/mol. The number of sulfonamides is 1. The van der Waals surface area contributed by atoms with Crippen molar-refractivity contribution in [2.75, 3.05) is 17.1 Å². The molecule has 1 amide bonds. The highest BCUT2D eigenvalue weighted by atomic mass is 32.2. The number of carbonyl (C=O) groups is 1. The predicted molar refractivity (Wildman–Crippen MR) is 137 cm³/mol. The van der Waals surface area contributed by atoms with Crippen LogP contribution < -0.4 is 14.4 Å². The number of hydrogen-bond donors (Lipinski definition) is 1. The lowest BCUT2D eigenvalue weighted by Gasteiger charge is -2.35. The van der Waals surface area contributed by atoms with Gasteiger partial charge in [-0.3, -0.25) is 9.10 Å². The highest BCUT2D eigenvalue weighted by Gasteiger charge is 2.38. The molecule has 0 unspecified atom stereocenters. The fraction of sp³-hybridized carbons (Fsp3) is 0.269. The monoisotopic (exact) mass is 528 g/mol. The molecule has 0 aliphatic carbocycles. The first kappa shape index (κ1) is 25.7. The molecule has 0 spiro atoms. The van der Waals surface area contributed by atoms with Crippen molar-refractivity contribution < 1.29 is 26.4 Å². The first-order valence-electron chi connectivity index (χ1n) is 11.3. The molecule has 8 nitrogen and oxygen atoms in total. The molecule has 3 aromatic carbocycles. The lowest BCUT2D eigenvalue weighted by atomic mass is 10.1. The number of amides is 1. The van der Waals surface area contributed by atoms with E-state index in [9.17, 15) is 21.6 Å². The summed E-state index contributed by atoms with van der Waals surface area (Å²) in [5.41, 5.74) is 2.87. The zero-order valence-corrected chi connectivity index (χ0v) is 22.1. The fourth-order valence-electron chi connectivity index (χ4n) is 3.96. The van der Waals surface area contributed by atoms with E-state index in [4.69, 9.17) is 4.74 Å². The van der Waals surface area contributed by atoms with Crippen molar-refractivity contribution in [2.24, 2.45) is 0 Å². The van der Waals surface area contributed by atoms with Crippen molar-refractivity contribution >= 4 is 31.5 Å². The van der Waals surface area contributed by atoms with Crippen molar-refractivity contribution in [1.29, 1.82) is 0 Å². The normalized spacial score (nSPS) is 16.6. The lowest BCUT2D eigenvalue weighted by Crippen LogP contribution is -2.51. The SMILES string of the molecule is Cc1ccc(S(=O)(=O)N2C[C@@H](C(=O)N[C@H](C)c3ccc(S(C)(=O)=O)cc3)Oc3cc(C)ccc32)cc1. The van der Waals surface area contributed by atoms with Gasteiger partial charge in [-0.1, -0.05) is 35.9 Å². The molecule has 10 heteroatoms. The predicted octanol–water partition coefficient (Wildman–Crippen LogP) is 3.54. The number of nitrogens with one attached hydrogen (secondary N) is 1. The molecule has 2 atom stereocenters. The Labute approximate surface area is 211 Å². The van der Waals surface area contributed by atoms with Crippen molar-refractivity contribution in [2.45, 2.75) is 42.7 Å². The van der Waals surface area contributed by atoms with Gasteiger partial charge >= 0.3 is 0 Å². The zero-order chi connectivity index (χ0) is 26.3. The van der Waals surface area contributed by atoms with Crippen LogP contribution in [-0.4, -0.2) is 41.6 Å². The number of ether oxygens (including phenoxy) is 1. The van der Waals surface area contributed by atoms with Crippen molar-refractivity contribution in [1.82, 2.24) is 5.32 Å². The Morgan fingerprint density at radius 2 is 1.50 bits per heavy atom. The molecule has 1 N–H and O–H groups in total. The fourth-order valence-corrected chi connectivity index (χ4v) is 6.06. The van der Waals surface area contributed by atoms with Crippen LogP contribution in [0, 0.1) is 13.8 Å². The van der Waals surface area contributed by atoms with E-state index in [1.54, 1.807) is 61.5 Å². The number of rotatable bonds is 6. The molecule has 0 saturated carbocycles. The molecular weight excluding hydrogens is 500 g/mol. The van der Waals surface area contributed by atoms with Crippen LogP contribution in [0.4, 0.5) is 5.69 Å². The number of nitrogens with zero attached hydrogens (tertiary/aromatic N) is 1. The summed E-state index contributed by atoms with van der Waals surface area (Å²) in [6.07, 6.45) is 0.0427. The molecule has 190 valence electrons. The van der Waals surface area contributed by atoms with Crippen LogP contribution in [0.2, 0.25) is 0 Å². The van der Waals surface area contributed by atoms with E-state index >= 15 is 0 Å². The van der Waals surface area contributed by atoms with Crippen LogP contribution >= 0.6 is 0 Å². The summed E-state index contributed by atoms with van der Waals surface area (Å²) in [6.45, 7) is 5.29. The van der Waals surface area contributed by atoms with Crippen molar-refractivity contribution in [3.8, 4) is 5.75 Å². The second-order valence-electron chi connectivity index (χ2n) is 9.00. The minimum Gasteiger partial charge on any atom is -0.476 e. The van der Waals surface area contributed by atoms with Gasteiger partial charge in [-0.15, -0.1) is 0 Å². The van der Waals surface area contributed by atoms with Gasteiger partial charge < -0.3 is 10.1 Å². The number of carbonyl (C=O) groups excluding carboxylic acids is 1. The van der Waals surface area contributed by atoms with E-state index in [1.165, 1.54) is 16.4 Å². The molecule has 0 aromatic heterocycles. The maximum atomic E-state index is 13.6. The molecule has 4 rings (SSSR count). The molecule has 0 radical (unpaired) electrons. The first-order chi connectivity index (χ1) is 16.9. The van der Waals surface area contributed by atoms with Gasteiger partial charge in [-0.25, -0.2) is 16.8 Å². The summed E-state index contributed by atoms with van der Waals surface area (Å²) in [5, 5.41) is 2.85. The summed E-state index contributed by atoms with van der Waals surface area (Å²) in [4.78, 5) is 13.5. The summed E-state index contributed by atoms with van der Waals surface area (Å²) in [5.74, 6) is -0.173. The molecule has 0 saturated heterocycles. The minimum atomic E-state index is -3.95. The number of aryl methyl sites for hydroxylation is 2. The second kappa shape index (κ2) is 9.59. The molecule has 36 heavy (non-hydrogen) atoms. The van der Waals surface area contributed by atoms with Crippen LogP contribution in [0.3, 0.4) is 0 Å². The summed E-state index contributed by atoms with van der Waals surface area (Å²) >= 11 is 0. The van der Waals surface area contributed by atoms with Gasteiger partial charge in [-0.05, 0) is 68.3 Å². The Hall–Kier alpha value is -3.37. The lowest BCUT2D eigenvalue weighted by molar-refractivity contribution is -0.128. The van der Waals surface area contributed by atoms with Gasteiger partial charge in [0.15, 0.2) is 15.9 Å². The van der Waals surface area contributed by atoms with Gasteiger partial charge in [0.25, 0.3) is 15.9 Å². The van der Waals surface area contributed by atoms with Crippen LogP contribution in [0.1, 0.15) is 29.7 Å². The molecule has 0 bridgehead atoms. The average Bonchev–Trinajstić information content (AvgIpc) is 2.82. The number of anilines is 1. The second-order valence-corrected chi connectivity index (χ2v) is 12.9. The van der Waals surface area contributed by atoms with Gasteiger partial charge in [-0.2, -0.15) is 0 Å². The maximum absolute atomic E-state index is 13.6. The zero-order valence-electron chi connectivity index (χ0n) is 20.4. The Balaban J connectivity index is 1.60. The number of fused-ring (bicyclic) bond motifs is 1. The van der Waals surface area contributed by atoms with E-state index in [1.807, 2.05) is 13.8 Å². The third-order valence-corrected chi connectivity index (χ3v) is 8.98. The van der Waals surface area contributed by atoms with Crippen molar-refractivity contribution in [3.63, 3.8) is 0 Å². The molecule has 1 heterocycles. The van der Waals surface area contributed by atoms with E-state index in [-0.39, 0.29) is 16.3 Å². The van der Waals surface area contributed by atoms with Gasteiger partial charge in [0.1, 0.15) is 5.75 Å². The smallest absolute Gasteiger partial charge is 0.264 e. The van der Waals surface area contributed by atoms with Gasteiger partial charge in [0.05, 0.1) is 28.1 Å².